The molecule has 0 fully saturated rings. The molecule has 1 aromatic heterocycles. The number of anilines is 2. The van der Waals surface area contributed by atoms with Crippen LogP contribution in [0.2, 0.25) is 0 Å². The zero-order valence-electron chi connectivity index (χ0n) is 16.0. The van der Waals surface area contributed by atoms with Crippen LogP contribution in [0, 0.1) is 0 Å². The van der Waals surface area contributed by atoms with Crippen LogP contribution in [-0.2, 0) is 13.0 Å². The van der Waals surface area contributed by atoms with Gasteiger partial charge in [-0.15, -0.1) is 0 Å². The molecule has 4 rings (SSSR count). The molecule has 144 valence electrons. The van der Waals surface area contributed by atoms with Crippen LogP contribution in [0.5, 0.6) is 17.2 Å². The molecular weight excluding hydrogens is 358 g/mol. The monoisotopic (exact) mass is 379 g/mol. The molecule has 1 N–H and O–H groups in total. The first-order chi connectivity index (χ1) is 13.6. The van der Waals surface area contributed by atoms with Gasteiger partial charge in [-0.2, -0.15) is 4.98 Å². The molecule has 28 heavy (non-hydrogen) atoms. The summed E-state index contributed by atoms with van der Waals surface area (Å²) in [6.07, 6.45) is 0.729. The van der Waals surface area contributed by atoms with Crippen molar-refractivity contribution in [2.75, 3.05) is 26.6 Å². The van der Waals surface area contributed by atoms with Crippen molar-refractivity contribution in [1.29, 1.82) is 0 Å². The maximum atomic E-state index is 12.6. The van der Waals surface area contributed by atoms with Crippen molar-refractivity contribution >= 4 is 11.5 Å². The number of aryl methyl sites for hydroxylation is 1. The van der Waals surface area contributed by atoms with Crippen molar-refractivity contribution in [3.63, 3.8) is 0 Å². The number of rotatable bonds is 5. The van der Waals surface area contributed by atoms with E-state index in [0.29, 0.717) is 23.9 Å². The van der Waals surface area contributed by atoms with Crippen molar-refractivity contribution in [3.05, 3.63) is 58.5 Å². The van der Waals surface area contributed by atoms with Crippen LogP contribution in [0.4, 0.5) is 11.5 Å². The van der Waals surface area contributed by atoms with E-state index in [4.69, 9.17) is 14.2 Å². The van der Waals surface area contributed by atoms with Crippen LogP contribution in [0.25, 0.3) is 11.3 Å². The van der Waals surface area contributed by atoms with Crippen molar-refractivity contribution in [3.8, 4) is 28.5 Å². The normalized spacial score (nSPS) is 12.0. The molecule has 0 unspecified atom stereocenters. The summed E-state index contributed by atoms with van der Waals surface area (Å²) in [5.74, 6) is 2.51. The minimum atomic E-state index is -0.289. The summed E-state index contributed by atoms with van der Waals surface area (Å²) < 4.78 is 17.8. The molecule has 7 heteroatoms. The number of aromatic nitrogens is 2. The lowest BCUT2D eigenvalue weighted by molar-refractivity contribution is 0.354. The summed E-state index contributed by atoms with van der Waals surface area (Å²) in [5, 5.41) is 3.19. The molecule has 2 aromatic carbocycles. The van der Waals surface area contributed by atoms with E-state index in [1.165, 1.54) is 0 Å². The van der Waals surface area contributed by atoms with Gasteiger partial charge in [0.05, 0.1) is 27.0 Å². The molecule has 1 aliphatic heterocycles. The van der Waals surface area contributed by atoms with Gasteiger partial charge in [0, 0.05) is 29.9 Å². The number of ether oxygens (including phenoxy) is 3. The van der Waals surface area contributed by atoms with Crippen LogP contribution in [-0.4, -0.2) is 30.9 Å². The molecular formula is C21H21N3O4. The van der Waals surface area contributed by atoms with Gasteiger partial charge in [-0.3, -0.25) is 4.57 Å². The summed E-state index contributed by atoms with van der Waals surface area (Å²) in [6.45, 7) is 0.573. The average molecular weight is 379 g/mol. The van der Waals surface area contributed by atoms with Crippen LogP contribution >= 0.6 is 0 Å². The molecule has 3 aromatic rings. The number of nitrogens with zero attached hydrogens (tertiary/aromatic N) is 2. The minimum Gasteiger partial charge on any atom is -0.497 e. The van der Waals surface area contributed by atoms with Gasteiger partial charge < -0.3 is 19.5 Å². The van der Waals surface area contributed by atoms with E-state index in [-0.39, 0.29) is 5.69 Å². The molecule has 0 bridgehead atoms. The first kappa shape index (κ1) is 17.9. The van der Waals surface area contributed by atoms with E-state index in [9.17, 15) is 4.79 Å². The summed E-state index contributed by atoms with van der Waals surface area (Å²) >= 11 is 0. The minimum absolute atomic E-state index is 0.289. The highest BCUT2D eigenvalue weighted by Gasteiger charge is 2.21. The van der Waals surface area contributed by atoms with Crippen LogP contribution in [0.3, 0.4) is 0 Å². The first-order valence-electron chi connectivity index (χ1n) is 8.91. The summed E-state index contributed by atoms with van der Waals surface area (Å²) in [7, 11) is 4.83. The van der Waals surface area contributed by atoms with Crippen molar-refractivity contribution in [1.82, 2.24) is 9.55 Å². The summed E-state index contributed by atoms with van der Waals surface area (Å²) in [4.78, 5) is 16.8. The Hall–Kier alpha value is -3.48. The molecule has 7 nitrogen and oxygen atoms in total. The smallest absolute Gasteiger partial charge is 0.350 e. The molecule has 1 aliphatic rings. The Morgan fingerprint density at radius 3 is 2.54 bits per heavy atom. The van der Waals surface area contributed by atoms with Crippen molar-refractivity contribution < 1.29 is 14.2 Å². The fraction of sp³-hybridized carbons (Fsp3) is 0.238. The Kier molecular flexibility index (Phi) is 4.65. The van der Waals surface area contributed by atoms with Gasteiger partial charge in [0.25, 0.3) is 0 Å². The fourth-order valence-electron chi connectivity index (χ4n) is 3.46. The largest absolute Gasteiger partial charge is 0.497 e. The van der Waals surface area contributed by atoms with E-state index < -0.39 is 0 Å². The van der Waals surface area contributed by atoms with Crippen LogP contribution in [0.1, 0.15) is 5.56 Å². The number of fused-ring (bicyclic) bond motifs is 3. The highest BCUT2D eigenvalue weighted by atomic mass is 16.5. The van der Waals surface area contributed by atoms with Gasteiger partial charge in [-0.1, -0.05) is 6.07 Å². The summed E-state index contributed by atoms with van der Waals surface area (Å²) in [5.41, 5.74) is 3.35. The highest BCUT2D eigenvalue weighted by Crippen LogP contribution is 2.38. The Bertz CT molecular complexity index is 1090. The van der Waals surface area contributed by atoms with Crippen molar-refractivity contribution in [2.45, 2.75) is 13.0 Å². The number of hydrogen-bond donors (Lipinski definition) is 1. The quantitative estimate of drug-likeness (QED) is 0.734. The van der Waals surface area contributed by atoms with Crippen molar-refractivity contribution in [2.24, 2.45) is 0 Å². The number of benzene rings is 2. The zero-order valence-corrected chi connectivity index (χ0v) is 16.0. The van der Waals surface area contributed by atoms with E-state index >= 15 is 0 Å². The van der Waals surface area contributed by atoms with Gasteiger partial charge in [-0.05, 0) is 36.2 Å². The standard InChI is InChI=1S/C21H21N3O4/c1-26-15-6-4-5-14(10-15)22-20-12-17-16-11-19(28-3)18(27-2)9-13(16)7-8-24(17)21(25)23-20/h4-6,9-12H,7-8H2,1-3H3,(H,22,23,25). The molecule has 0 amide bonds. The van der Waals surface area contributed by atoms with E-state index in [1.807, 2.05) is 42.5 Å². The number of hydrogen-bond acceptors (Lipinski definition) is 6. The second-order valence-electron chi connectivity index (χ2n) is 6.43. The lowest BCUT2D eigenvalue weighted by atomic mass is 9.97. The molecule has 0 saturated carbocycles. The Balaban J connectivity index is 1.79. The molecule has 0 aliphatic carbocycles. The van der Waals surface area contributed by atoms with Gasteiger partial charge >= 0.3 is 5.69 Å². The first-order valence-corrected chi connectivity index (χ1v) is 8.91. The maximum absolute atomic E-state index is 12.6. The second kappa shape index (κ2) is 7.26. The second-order valence-corrected chi connectivity index (χ2v) is 6.43. The van der Waals surface area contributed by atoms with Gasteiger partial charge in [0.15, 0.2) is 11.5 Å². The van der Waals surface area contributed by atoms with Crippen LogP contribution < -0.4 is 25.2 Å². The van der Waals surface area contributed by atoms with Gasteiger partial charge in [-0.25, -0.2) is 4.79 Å². The number of methoxy groups -OCH3 is 3. The lowest BCUT2D eigenvalue weighted by Gasteiger charge is -2.23. The lowest BCUT2D eigenvalue weighted by Crippen LogP contribution is -2.28. The SMILES string of the molecule is COc1cccc(Nc2cc3n(c(=O)n2)CCc2cc(OC)c(OC)cc2-3)c1. The van der Waals surface area contributed by atoms with E-state index in [2.05, 4.69) is 10.3 Å². The van der Waals surface area contributed by atoms with Gasteiger partial charge in [0.2, 0.25) is 0 Å². The molecule has 2 heterocycles. The third kappa shape index (κ3) is 3.15. The predicted octanol–water partition coefficient (Wildman–Crippen LogP) is 3.24. The zero-order chi connectivity index (χ0) is 19.7. The van der Waals surface area contributed by atoms with E-state index in [0.717, 1.165) is 34.7 Å². The Morgan fingerprint density at radius 1 is 1.00 bits per heavy atom. The third-order valence-corrected chi connectivity index (χ3v) is 4.84. The highest BCUT2D eigenvalue weighted by molar-refractivity contribution is 5.73. The Labute approximate surface area is 162 Å². The van der Waals surface area contributed by atoms with Crippen LogP contribution in [0.15, 0.2) is 47.3 Å². The predicted molar refractivity (Wildman–Crippen MR) is 107 cm³/mol. The molecule has 0 radical (unpaired) electrons. The molecule has 0 saturated heterocycles. The fourth-order valence-corrected chi connectivity index (χ4v) is 3.46. The average Bonchev–Trinajstić information content (AvgIpc) is 2.72. The van der Waals surface area contributed by atoms with E-state index in [1.54, 1.807) is 25.9 Å². The topological polar surface area (TPSA) is 74.6 Å². The third-order valence-electron chi connectivity index (χ3n) is 4.84. The Morgan fingerprint density at radius 2 is 1.79 bits per heavy atom. The molecule has 0 spiro atoms. The maximum Gasteiger partial charge on any atom is 0.350 e. The number of nitrogens with one attached hydrogen (secondary N) is 1. The van der Waals surface area contributed by atoms with Gasteiger partial charge in [0.1, 0.15) is 11.6 Å². The molecule has 0 atom stereocenters. The summed E-state index contributed by atoms with van der Waals surface area (Å²) in [6, 6.07) is 13.2.